The molecule has 0 aliphatic carbocycles. The number of thioether (sulfide) groups is 1. The molecule has 3 nitrogen and oxygen atoms in total. The van der Waals surface area contributed by atoms with Gasteiger partial charge in [0.1, 0.15) is 0 Å². The van der Waals surface area contributed by atoms with E-state index in [1.165, 1.54) is 11.8 Å². The third-order valence-electron chi connectivity index (χ3n) is 2.23. The van der Waals surface area contributed by atoms with Gasteiger partial charge in [0.05, 0.1) is 11.9 Å². The fourth-order valence-corrected chi connectivity index (χ4v) is 1.63. The summed E-state index contributed by atoms with van der Waals surface area (Å²) in [7, 11) is 0. The number of aromatic nitrogens is 1. The Balaban J connectivity index is 2.27. The summed E-state index contributed by atoms with van der Waals surface area (Å²) >= 11 is 6.43. The predicted molar refractivity (Wildman–Crippen MR) is 78.6 cm³/mol. The van der Waals surface area contributed by atoms with Gasteiger partial charge in [0.2, 0.25) is 0 Å². The summed E-state index contributed by atoms with van der Waals surface area (Å²) in [6, 6.07) is 10.0. The number of nitrogens with one attached hydrogen (secondary N) is 1. The van der Waals surface area contributed by atoms with E-state index < -0.39 is 0 Å². The number of nitrogens with zero attached hydrogens (tertiary/aromatic N) is 2. The third kappa shape index (κ3) is 3.01. The molecule has 5 heteroatoms. The summed E-state index contributed by atoms with van der Waals surface area (Å²) in [5, 5.41) is 6.29. The minimum absolute atomic E-state index is 0.640. The van der Waals surface area contributed by atoms with Gasteiger partial charge >= 0.3 is 0 Å². The van der Waals surface area contributed by atoms with Crippen LogP contribution in [0.5, 0.6) is 0 Å². The van der Waals surface area contributed by atoms with E-state index in [0.29, 0.717) is 4.32 Å². The van der Waals surface area contributed by atoms with Crippen molar-refractivity contribution < 1.29 is 0 Å². The largest absolute Gasteiger partial charge is 0.262 e. The zero-order chi connectivity index (χ0) is 12.1. The van der Waals surface area contributed by atoms with E-state index in [2.05, 4.69) is 15.5 Å². The minimum atomic E-state index is 0.640. The fourth-order valence-electron chi connectivity index (χ4n) is 1.44. The molecule has 0 spiro atoms. The Hall–Kier alpha value is -1.46. The molecule has 0 amide bonds. The van der Waals surface area contributed by atoms with Gasteiger partial charge in [-0.1, -0.05) is 48.2 Å². The van der Waals surface area contributed by atoms with Gasteiger partial charge in [-0.2, -0.15) is 5.10 Å². The smallest absolute Gasteiger partial charge is 0.153 e. The summed E-state index contributed by atoms with van der Waals surface area (Å²) in [5.74, 6) is 0. The SMILES string of the molecule is CSC(=S)NN=Cc1nccc2ccccc12. The summed E-state index contributed by atoms with van der Waals surface area (Å²) in [6.45, 7) is 0. The number of hydrogen-bond donors (Lipinski definition) is 1. The van der Waals surface area contributed by atoms with Crippen LogP contribution in [-0.4, -0.2) is 21.8 Å². The van der Waals surface area contributed by atoms with Crippen molar-refractivity contribution in [2.45, 2.75) is 0 Å². The monoisotopic (exact) mass is 261 g/mol. The molecule has 0 aliphatic rings. The predicted octanol–water partition coefficient (Wildman–Crippen LogP) is 2.81. The van der Waals surface area contributed by atoms with Gasteiger partial charge in [-0.05, 0) is 17.7 Å². The standard InChI is InChI=1S/C12H11N3S2/c1-17-12(16)15-14-8-11-10-5-3-2-4-9(10)6-7-13-11/h2-8H,1H3,(H,15,16). The first-order valence-corrected chi connectivity index (χ1v) is 6.65. The van der Waals surface area contributed by atoms with Crippen molar-refractivity contribution in [3.63, 3.8) is 0 Å². The molecule has 0 radical (unpaired) electrons. The van der Waals surface area contributed by atoms with Crippen molar-refractivity contribution in [1.82, 2.24) is 10.4 Å². The number of thiocarbonyl (C=S) groups is 1. The molecular weight excluding hydrogens is 250 g/mol. The molecule has 0 saturated heterocycles. The second kappa shape index (κ2) is 5.75. The van der Waals surface area contributed by atoms with Crippen molar-refractivity contribution in [1.29, 1.82) is 0 Å². The highest BCUT2D eigenvalue weighted by Crippen LogP contribution is 2.14. The molecule has 2 aromatic rings. The lowest BCUT2D eigenvalue weighted by atomic mass is 10.1. The van der Waals surface area contributed by atoms with Crippen LogP contribution in [0.25, 0.3) is 10.8 Å². The highest BCUT2D eigenvalue weighted by atomic mass is 32.2. The second-order valence-corrected chi connectivity index (χ2v) is 4.76. The van der Waals surface area contributed by atoms with Crippen LogP contribution in [0.1, 0.15) is 5.69 Å². The lowest BCUT2D eigenvalue weighted by Crippen LogP contribution is -2.10. The number of hydrazone groups is 1. The first kappa shape index (κ1) is 12.0. The van der Waals surface area contributed by atoms with E-state index in [0.717, 1.165) is 16.5 Å². The van der Waals surface area contributed by atoms with Crippen LogP contribution in [0.3, 0.4) is 0 Å². The van der Waals surface area contributed by atoms with E-state index >= 15 is 0 Å². The summed E-state index contributed by atoms with van der Waals surface area (Å²) in [6.07, 6.45) is 5.36. The Morgan fingerprint density at radius 1 is 1.41 bits per heavy atom. The van der Waals surface area contributed by atoms with Crippen LogP contribution in [0.15, 0.2) is 41.6 Å². The number of fused-ring (bicyclic) bond motifs is 1. The Labute approximate surface area is 109 Å². The Kier molecular flexibility index (Phi) is 4.06. The van der Waals surface area contributed by atoms with Crippen LogP contribution in [0.2, 0.25) is 0 Å². The number of rotatable bonds is 2. The molecule has 0 saturated carbocycles. The molecule has 1 aromatic carbocycles. The Morgan fingerprint density at radius 3 is 3.06 bits per heavy atom. The fraction of sp³-hybridized carbons (Fsp3) is 0.0833. The lowest BCUT2D eigenvalue weighted by molar-refractivity contribution is 1.07. The number of pyridine rings is 1. The van der Waals surface area contributed by atoms with Crippen molar-refractivity contribution in [2.75, 3.05) is 6.26 Å². The maximum absolute atomic E-state index is 4.98. The maximum atomic E-state index is 4.98. The van der Waals surface area contributed by atoms with Crippen molar-refractivity contribution >= 4 is 45.3 Å². The van der Waals surface area contributed by atoms with E-state index in [1.807, 2.05) is 36.6 Å². The third-order valence-corrected chi connectivity index (χ3v) is 3.29. The Bertz CT molecular complexity index is 561. The topological polar surface area (TPSA) is 37.3 Å². The van der Waals surface area contributed by atoms with Crippen LogP contribution >= 0.6 is 24.0 Å². The van der Waals surface area contributed by atoms with Crippen LogP contribution in [0.4, 0.5) is 0 Å². The molecule has 1 heterocycles. The van der Waals surface area contributed by atoms with Crippen molar-refractivity contribution in [3.05, 3.63) is 42.2 Å². The van der Waals surface area contributed by atoms with Crippen LogP contribution in [-0.2, 0) is 0 Å². The van der Waals surface area contributed by atoms with Gasteiger partial charge in [-0.3, -0.25) is 10.4 Å². The van der Waals surface area contributed by atoms with Gasteiger partial charge in [-0.25, -0.2) is 0 Å². The summed E-state index contributed by atoms with van der Waals surface area (Å²) in [5.41, 5.74) is 3.60. The normalized spacial score (nSPS) is 10.9. The number of hydrogen-bond acceptors (Lipinski definition) is 4. The summed E-state index contributed by atoms with van der Waals surface area (Å²) < 4.78 is 0.640. The Morgan fingerprint density at radius 2 is 2.24 bits per heavy atom. The van der Waals surface area contributed by atoms with Gasteiger partial charge in [0, 0.05) is 11.6 Å². The average Bonchev–Trinajstić information content (AvgIpc) is 2.39. The molecule has 1 N–H and O–H groups in total. The molecule has 0 fully saturated rings. The highest BCUT2D eigenvalue weighted by molar-refractivity contribution is 8.22. The van der Waals surface area contributed by atoms with E-state index in [-0.39, 0.29) is 0 Å². The van der Waals surface area contributed by atoms with E-state index in [9.17, 15) is 0 Å². The molecule has 1 aromatic heterocycles. The lowest BCUT2D eigenvalue weighted by Gasteiger charge is -2.00. The number of benzene rings is 1. The molecule has 0 aliphatic heterocycles. The molecule has 17 heavy (non-hydrogen) atoms. The van der Waals surface area contributed by atoms with E-state index in [1.54, 1.807) is 12.4 Å². The second-order valence-electron chi connectivity index (χ2n) is 3.28. The van der Waals surface area contributed by atoms with Crippen molar-refractivity contribution in [3.8, 4) is 0 Å². The molecular formula is C12H11N3S2. The first-order chi connectivity index (χ1) is 8.31. The first-order valence-electron chi connectivity index (χ1n) is 5.02. The zero-order valence-electron chi connectivity index (χ0n) is 9.25. The average molecular weight is 261 g/mol. The van der Waals surface area contributed by atoms with Gasteiger partial charge in [0.15, 0.2) is 4.32 Å². The van der Waals surface area contributed by atoms with Gasteiger partial charge in [-0.15, -0.1) is 0 Å². The van der Waals surface area contributed by atoms with Crippen LogP contribution in [0, 0.1) is 0 Å². The molecule has 0 unspecified atom stereocenters. The quantitative estimate of drug-likeness (QED) is 0.512. The molecule has 0 atom stereocenters. The van der Waals surface area contributed by atoms with Crippen LogP contribution < -0.4 is 5.43 Å². The minimum Gasteiger partial charge on any atom is -0.262 e. The zero-order valence-corrected chi connectivity index (χ0v) is 10.9. The van der Waals surface area contributed by atoms with Crippen molar-refractivity contribution in [2.24, 2.45) is 5.10 Å². The highest BCUT2D eigenvalue weighted by Gasteiger charge is 1.98. The van der Waals surface area contributed by atoms with Gasteiger partial charge in [0.25, 0.3) is 0 Å². The molecule has 0 bridgehead atoms. The molecule has 86 valence electrons. The molecule has 2 rings (SSSR count). The summed E-state index contributed by atoms with van der Waals surface area (Å²) in [4.78, 5) is 4.29. The maximum Gasteiger partial charge on any atom is 0.153 e. The van der Waals surface area contributed by atoms with Gasteiger partial charge < -0.3 is 0 Å². The van der Waals surface area contributed by atoms with E-state index in [4.69, 9.17) is 12.2 Å².